The Balaban J connectivity index is 1.21. The van der Waals surface area contributed by atoms with Gasteiger partial charge in [-0.15, -0.1) is 0 Å². The van der Waals surface area contributed by atoms with E-state index < -0.39 is 0 Å². The largest absolute Gasteiger partial charge is 0.456 e. The summed E-state index contributed by atoms with van der Waals surface area (Å²) in [6, 6.07) is 67.5. The minimum atomic E-state index is 0.599. The number of hydrogen-bond donors (Lipinski definition) is 0. The minimum absolute atomic E-state index is 0.599. The van der Waals surface area contributed by atoms with Crippen LogP contribution in [-0.4, -0.2) is 19.5 Å². The molecule has 0 atom stereocenters. The molecule has 11 aromatic rings. The fourth-order valence-electron chi connectivity index (χ4n) is 8.06. The molecule has 5 heteroatoms. The van der Waals surface area contributed by atoms with E-state index in [1.165, 1.54) is 5.39 Å². The molecule has 3 aromatic heterocycles. The van der Waals surface area contributed by atoms with Gasteiger partial charge < -0.3 is 8.98 Å². The van der Waals surface area contributed by atoms with Crippen LogP contribution in [0.1, 0.15) is 0 Å². The Hall–Kier alpha value is -7.63. The molecule has 0 fully saturated rings. The zero-order chi connectivity index (χ0) is 37.0. The third-order valence-electron chi connectivity index (χ3n) is 10.7. The lowest BCUT2D eigenvalue weighted by molar-refractivity contribution is 0.669. The third kappa shape index (κ3) is 5.29. The maximum Gasteiger partial charge on any atom is 0.166 e. The van der Waals surface area contributed by atoms with Gasteiger partial charge in [0.25, 0.3) is 0 Å². The van der Waals surface area contributed by atoms with E-state index in [1.54, 1.807) is 0 Å². The first-order valence-corrected chi connectivity index (χ1v) is 18.8. The summed E-state index contributed by atoms with van der Waals surface area (Å²) in [5.74, 6) is 1.84. The Labute approximate surface area is 322 Å². The van der Waals surface area contributed by atoms with Gasteiger partial charge in [-0.25, -0.2) is 15.0 Å². The molecule has 0 saturated heterocycles. The highest BCUT2D eigenvalue weighted by atomic mass is 16.3. The SMILES string of the molecule is c1ccc(-c2ccc(-n3c4ccccc4c4ccc(-c5cccc6oc7ccccc7c56)cc43)c(-c3nc(-c4ccccc4)nc(-c4ccccc4)n3)c2)cc1. The Bertz CT molecular complexity index is 3180. The molecule has 0 bridgehead atoms. The van der Waals surface area contributed by atoms with Gasteiger partial charge in [0.05, 0.1) is 16.7 Å². The Morgan fingerprint density at radius 1 is 0.339 bits per heavy atom. The highest BCUT2D eigenvalue weighted by molar-refractivity contribution is 6.15. The molecule has 0 unspecified atom stereocenters. The van der Waals surface area contributed by atoms with Crippen molar-refractivity contribution in [3.05, 3.63) is 194 Å². The molecular formula is C51H32N4O. The van der Waals surface area contributed by atoms with E-state index in [0.29, 0.717) is 17.5 Å². The number of rotatable bonds is 6. The van der Waals surface area contributed by atoms with E-state index in [9.17, 15) is 0 Å². The van der Waals surface area contributed by atoms with Crippen LogP contribution in [0.5, 0.6) is 0 Å². The molecule has 0 saturated carbocycles. The first-order chi connectivity index (χ1) is 27.8. The highest BCUT2D eigenvalue weighted by Gasteiger charge is 2.21. The summed E-state index contributed by atoms with van der Waals surface area (Å²) in [5, 5.41) is 4.56. The molecule has 0 aliphatic heterocycles. The van der Waals surface area contributed by atoms with Crippen molar-refractivity contribution in [2.24, 2.45) is 0 Å². The van der Waals surface area contributed by atoms with Gasteiger partial charge in [-0.2, -0.15) is 0 Å². The molecule has 0 N–H and O–H groups in total. The molecule has 11 rings (SSSR count). The average molecular weight is 717 g/mol. The number of benzene rings is 8. The lowest BCUT2D eigenvalue weighted by Crippen LogP contribution is -2.04. The molecule has 0 amide bonds. The number of furan rings is 1. The normalized spacial score (nSPS) is 11.6. The van der Waals surface area contributed by atoms with Gasteiger partial charge in [0.2, 0.25) is 0 Å². The first-order valence-electron chi connectivity index (χ1n) is 18.8. The van der Waals surface area contributed by atoms with Gasteiger partial charge in [0, 0.05) is 38.2 Å². The fraction of sp³-hybridized carbons (Fsp3) is 0. The van der Waals surface area contributed by atoms with Gasteiger partial charge in [0.1, 0.15) is 11.2 Å². The predicted molar refractivity (Wildman–Crippen MR) is 229 cm³/mol. The van der Waals surface area contributed by atoms with Crippen LogP contribution < -0.4 is 0 Å². The van der Waals surface area contributed by atoms with Gasteiger partial charge in [-0.1, -0.05) is 158 Å². The van der Waals surface area contributed by atoms with Crippen LogP contribution in [-0.2, 0) is 0 Å². The van der Waals surface area contributed by atoms with Crippen molar-refractivity contribution < 1.29 is 4.42 Å². The van der Waals surface area contributed by atoms with Crippen LogP contribution in [0.25, 0.3) is 106 Å². The van der Waals surface area contributed by atoms with Crippen molar-refractivity contribution in [1.82, 2.24) is 19.5 Å². The predicted octanol–water partition coefficient (Wildman–Crippen LogP) is 13.2. The second kappa shape index (κ2) is 13.0. The number of nitrogens with zero attached hydrogens (tertiary/aromatic N) is 4. The maximum absolute atomic E-state index is 6.31. The molecule has 3 heterocycles. The number of para-hydroxylation sites is 2. The molecule has 0 spiro atoms. The topological polar surface area (TPSA) is 56.7 Å². The maximum atomic E-state index is 6.31. The molecule has 0 aliphatic rings. The van der Waals surface area contributed by atoms with Gasteiger partial charge in [-0.3, -0.25) is 0 Å². The Kier molecular flexibility index (Phi) is 7.42. The Morgan fingerprint density at radius 3 is 1.64 bits per heavy atom. The summed E-state index contributed by atoms with van der Waals surface area (Å²) >= 11 is 0. The zero-order valence-electron chi connectivity index (χ0n) is 30.2. The lowest BCUT2D eigenvalue weighted by atomic mass is 9.98. The summed E-state index contributed by atoms with van der Waals surface area (Å²) in [5.41, 5.74) is 12.1. The van der Waals surface area contributed by atoms with Gasteiger partial charge in [-0.05, 0) is 58.7 Å². The van der Waals surface area contributed by atoms with Gasteiger partial charge in [0.15, 0.2) is 17.5 Å². The summed E-state index contributed by atoms with van der Waals surface area (Å²) < 4.78 is 8.69. The monoisotopic (exact) mass is 716 g/mol. The second-order valence-electron chi connectivity index (χ2n) is 14.0. The molecule has 262 valence electrons. The third-order valence-corrected chi connectivity index (χ3v) is 10.7. The number of aromatic nitrogens is 4. The van der Waals surface area contributed by atoms with E-state index in [2.05, 4.69) is 120 Å². The smallest absolute Gasteiger partial charge is 0.166 e. The fourth-order valence-corrected chi connectivity index (χ4v) is 8.06. The average Bonchev–Trinajstić information content (AvgIpc) is 3.82. The van der Waals surface area contributed by atoms with Crippen LogP contribution in [0.2, 0.25) is 0 Å². The van der Waals surface area contributed by atoms with Crippen molar-refractivity contribution in [2.45, 2.75) is 0 Å². The lowest BCUT2D eigenvalue weighted by Gasteiger charge is -2.16. The first kappa shape index (κ1) is 31.9. The van der Waals surface area contributed by atoms with Crippen LogP contribution in [0.15, 0.2) is 199 Å². The van der Waals surface area contributed by atoms with Crippen molar-refractivity contribution in [2.75, 3.05) is 0 Å². The number of fused-ring (bicyclic) bond motifs is 6. The van der Waals surface area contributed by atoms with Crippen molar-refractivity contribution >= 4 is 43.7 Å². The second-order valence-corrected chi connectivity index (χ2v) is 14.0. The standard InChI is InChI=1S/C51H32N4O/c1-4-15-33(16-5-1)36-28-30-44(42(31-36)51-53-49(34-17-6-2-7-18-34)52-50(54-51)35-19-8-3-9-20-35)55-43-24-12-10-21-39(43)40-29-27-37(32-45(40)55)38-23-14-26-47-48(38)41-22-11-13-25-46(41)56-47/h1-32H. The van der Waals surface area contributed by atoms with Crippen LogP contribution in [0, 0.1) is 0 Å². The van der Waals surface area contributed by atoms with E-state index in [0.717, 1.165) is 83.0 Å². The minimum Gasteiger partial charge on any atom is -0.456 e. The van der Waals surface area contributed by atoms with E-state index in [-0.39, 0.29) is 0 Å². The molecule has 8 aromatic carbocycles. The Morgan fingerprint density at radius 2 is 0.911 bits per heavy atom. The molecule has 5 nitrogen and oxygen atoms in total. The van der Waals surface area contributed by atoms with Crippen molar-refractivity contribution in [1.29, 1.82) is 0 Å². The van der Waals surface area contributed by atoms with E-state index in [1.807, 2.05) is 78.9 Å². The van der Waals surface area contributed by atoms with Crippen LogP contribution >= 0.6 is 0 Å². The van der Waals surface area contributed by atoms with Crippen molar-refractivity contribution in [3.63, 3.8) is 0 Å². The molecule has 56 heavy (non-hydrogen) atoms. The number of hydrogen-bond acceptors (Lipinski definition) is 4. The zero-order valence-corrected chi connectivity index (χ0v) is 30.2. The quantitative estimate of drug-likeness (QED) is 0.172. The summed E-state index contributed by atoms with van der Waals surface area (Å²) in [6.45, 7) is 0. The summed E-state index contributed by atoms with van der Waals surface area (Å²) in [6.07, 6.45) is 0. The van der Waals surface area contributed by atoms with Gasteiger partial charge >= 0.3 is 0 Å². The highest BCUT2D eigenvalue weighted by Crippen LogP contribution is 2.42. The van der Waals surface area contributed by atoms with Crippen LogP contribution in [0.4, 0.5) is 0 Å². The summed E-state index contributed by atoms with van der Waals surface area (Å²) in [7, 11) is 0. The molecule has 0 aliphatic carbocycles. The van der Waals surface area contributed by atoms with Crippen LogP contribution in [0.3, 0.4) is 0 Å². The van der Waals surface area contributed by atoms with Crippen molar-refractivity contribution in [3.8, 4) is 62.1 Å². The molecule has 0 radical (unpaired) electrons. The van der Waals surface area contributed by atoms with E-state index in [4.69, 9.17) is 19.4 Å². The summed E-state index contributed by atoms with van der Waals surface area (Å²) in [4.78, 5) is 15.5. The van der Waals surface area contributed by atoms with E-state index >= 15 is 0 Å². The molecular weight excluding hydrogens is 685 g/mol.